The summed E-state index contributed by atoms with van der Waals surface area (Å²) in [4.78, 5) is 0.424. The summed E-state index contributed by atoms with van der Waals surface area (Å²) in [6.45, 7) is 0. The lowest BCUT2D eigenvalue weighted by molar-refractivity contribution is 0.295. The van der Waals surface area contributed by atoms with E-state index in [1.807, 2.05) is 6.07 Å². The maximum absolute atomic E-state index is 5.33. The van der Waals surface area contributed by atoms with Gasteiger partial charge < -0.3 is 9.47 Å². The summed E-state index contributed by atoms with van der Waals surface area (Å²) in [5, 5.41) is 0. The highest BCUT2D eigenvalue weighted by atomic mass is 79.9. The lowest BCUT2D eigenvalue weighted by atomic mass is 9.81. The van der Waals surface area contributed by atoms with Crippen molar-refractivity contribution in [2.45, 2.75) is 30.5 Å². The SMILES string of the molecule is COc1ccc(C(Br)CC2CCC2)cc1OC. The Morgan fingerprint density at radius 3 is 2.47 bits per heavy atom. The van der Waals surface area contributed by atoms with Crippen molar-refractivity contribution in [1.82, 2.24) is 0 Å². The zero-order valence-electron chi connectivity index (χ0n) is 10.4. The van der Waals surface area contributed by atoms with Crippen LogP contribution in [0.2, 0.25) is 0 Å². The molecule has 0 spiro atoms. The zero-order chi connectivity index (χ0) is 12.3. The fourth-order valence-electron chi connectivity index (χ4n) is 2.20. The molecule has 1 unspecified atom stereocenters. The van der Waals surface area contributed by atoms with Crippen molar-refractivity contribution >= 4 is 15.9 Å². The number of ether oxygens (including phenoxy) is 2. The molecule has 0 aromatic heterocycles. The second-order valence-electron chi connectivity index (χ2n) is 4.61. The fourth-order valence-corrected chi connectivity index (χ4v) is 3.02. The summed E-state index contributed by atoms with van der Waals surface area (Å²) in [5.74, 6) is 2.50. The molecular formula is C14H19BrO2. The number of methoxy groups -OCH3 is 2. The summed E-state index contributed by atoms with van der Waals surface area (Å²) < 4.78 is 10.6. The van der Waals surface area contributed by atoms with E-state index >= 15 is 0 Å². The van der Waals surface area contributed by atoms with Gasteiger partial charge in [0.25, 0.3) is 0 Å². The quantitative estimate of drug-likeness (QED) is 0.753. The Morgan fingerprint density at radius 2 is 1.94 bits per heavy atom. The number of benzene rings is 1. The first-order valence-electron chi connectivity index (χ1n) is 6.10. The van der Waals surface area contributed by atoms with Gasteiger partial charge in [-0.05, 0) is 30.0 Å². The monoisotopic (exact) mass is 298 g/mol. The van der Waals surface area contributed by atoms with Crippen LogP contribution in [0.3, 0.4) is 0 Å². The van der Waals surface area contributed by atoms with Gasteiger partial charge in [-0.25, -0.2) is 0 Å². The van der Waals surface area contributed by atoms with Gasteiger partial charge in [0.2, 0.25) is 0 Å². The third-order valence-corrected chi connectivity index (χ3v) is 4.44. The summed E-state index contributed by atoms with van der Waals surface area (Å²) >= 11 is 3.77. The first kappa shape index (κ1) is 12.7. The van der Waals surface area contributed by atoms with E-state index in [1.54, 1.807) is 14.2 Å². The number of hydrogen-bond acceptors (Lipinski definition) is 2. The average molecular weight is 299 g/mol. The Hall–Kier alpha value is -0.700. The van der Waals surface area contributed by atoms with E-state index in [0.717, 1.165) is 17.4 Å². The van der Waals surface area contributed by atoms with Gasteiger partial charge in [-0.1, -0.05) is 41.3 Å². The Bertz CT molecular complexity index is 374. The lowest BCUT2D eigenvalue weighted by Gasteiger charge is -2.27. The summed E-state index contributed by atoms with van der Waals surface area (Å²) in [7, 11) is 3.34. The van der Waals surface area contributed by atoms with Crippen molar-refractivity contribution in [3.05, 3.63) is 23.8 Å². The molecule has 0 N–H and O–H groups in total. The lowest BCUT2D eigenvalue weighted by Crippen LogP contribution is -2.12. The van der Waals surface area contributed by atoms with Crippen molar-refractivity contribution in [2.24, 2.45) is 5.92 Å². The summed E-state index contributed by atoms with van der Waals surface area (Å²) in [6.07, 6.45) is 5.39. The smallest absolute Gasteiger partial charge is 0.161 e. The predicted octanol–water partition coefficient (Wildman–Crippen LogP) is 4.33. The highest BCUT2D eigenvalue weighted by Gasteiger charge is 2.22. The van der Waals surface area contributed by atoms with E-state index < -0.39 is 0 Å². The fraction of sp³-hybridized carbons (Fsp3) is 0.571. The largest absolute Gasteiger partial charge is 0.493 e. The molecule has 1 aliphatic rings. The molecule has 0 heterocycles. The van der Waals surface area contributed by atoms with Crippen LogP contribution in [0, 0.1) is 5.92 Å². The van der Waals surface area contributed by atoms with Crippen molar-refractivity contribution in [3.8, 4) is 11.5 Å². The highest BCUT2D eigenvalue weighted by molar-refractivity contribution is 9.09. The third-order valence-electron chi connectivity index (χ3n) is 3.53. The van der Waals surface area contributed by atoms with Crippen molar-refractivity contribution < 1.29 is 9.47 Å². The molecular weight excluding hydrogens is 280 g/mol. The molecule has 0 radical (unpaired) electrons. The Labute approximate surface area is 111 Å². The van der Waals surface area contributed by atoms with Gasteiger partial charge in [0.05, 0.1) is 14.2 Å². The van der Waals surface area contributed by atoms with Gasteiger partial charge in [0, 0.05) is 4.83 Å². The first-order chi connectivity index (χ1) is 8.24. The van der Waals surface area contributed by atoms with Gasteiger partial charge in [0.1, 0.15) is 0 Å². The highest BCUT2D eigenvalue weighted by Crippen LogP contribution is 2.40. The molecule has 1 atom stereocenters. The van der Waals surface area contributed by atoms with Crippen molar-refractivity contribution in [1.29, 1.82) is 0 Å². The van der Waals surface area contributed by atoms with E-state index in [-0.39, 0.29) is 0 Å². The van der Waals surface area contributed by atoms with Crippen LogP contribution in [-0.4, -0.2) is 14.2 Å². The van der Waals surface area contributed by atoms with Crippen LogP contribution in [0.15, 0.2) is 18.2 Å². The number of alkyl halides is 1. The Morgan fingerprint density at radius 1 is 1.24 bits per heavy atom. The number of hydrogen-bond donors (Lipinski definition) is 0. The van der Waals surface area contributed by atoms with E-state index in [1.165, 1.54) is 31.2 Å². The van der Waals surface area contributed by atoms with Crippen molar-refractivity contribution in [3.63, 3.8) is 0 Å². The zero-order valence-corrected chi connectivity index (χ0v) is 12.0. The Kier molecular flexibility index (Phi) is 4.32. The molecule has 0 aliphatic heterocycles. The molecule has 3 heteroatoms. The van der Waals surface area contributed by atoms with E-state index in [0.29, 0.717) is 4.83 Å². The molecule has 1 fully saturated rings. The predicted molar refractivity (Wildman–Crippen MR) is 73.2 cm³/mol. The molecule has 0 amide bonds. The second kappa shape index (κ2) is 5.76. The molecule has 94 valence electrons. The van der Waals surface area contributed by atoms with Gasteiger partial charge in [-0.2, -0.15) is 0 Å². The topological polar surface area (TPSA) is 18.5 Å². The maximum Gasteiger partial charge on any atom is 0.161 e. The van der Waals surface area contributed by atoms with E-state index in [4.69, 9.17) is 9.47 Å². The molecule has 17 heavy (non-hydrogen) atoms. The average Bonchev–Trinajstić information content (AvgIpc) is 2.32. The third kappa shape index (κ3) is 2.95. The minimum Gasteiger partial charge on any atom is -0.493 e. The molecule has 0 saturated heterocycles. The standard InChI is InChI=1S/C14H19BrO2/c1-16-13-7-6-11(9-14(13)17-2)12(15)8-10-4-3-5-10/h6-7,9-10,12H,3-5,8H2,1-2H3. The maximum atomic E-state index is 5.33. The van der Waals surface area contributed by atoms with Crippen LogP contribution < -0.4 is 9.47 Å². The summed E-state index contributed by atoms with van der Waals surface area (Å²) in [5.41, 5.74) is 1.27. The molecule has 1 saturated carbocycles. The molecule has 1 aliphatic carbocycles. The van der Waals surface area contributed by atoms with Crippen LogP contribution in [0.1, 0.15) is 36.1 Å². The number of halogens is 1. The molecule has 2 rings (SSSR count). The van der Waals surface area contributed by atoms with Crippen LogP contribution in [-0.2, 0) is 0 Å². The molecule has 1 aromatic carbocycles. The van der Waals surface area contributed by atoms with Crippen LogP contribution in [0.4, 0.5) is 0 Å². The molecule has 2 nitrogen and oxygen atoms in total. The van der Waals surface area contributed by atoms with Gasteiger partial charge in [0.15, 0.2) is 11.5 Å². The van der Waals surface area contributed by atoms with Gasteiger partial charge >= 0.3 is 0 Å². The normalized spacial score (nSPS) is 17.4. The first-order valence-corrected chi connectivity index (χ1v) is 7.02. The van der Waals surface area contributed by atoms with Crippen LogP contribution >= 0.6 is 15.9 Å². The minimum atomic E-state index is 0.424. The van der Waals surface area contributed by atoms with Gasteiger partial charge in [-0.15, -0.1) is 0 Å². The minimum absolute atomic E-state index is 0.424. The van der Waals surface area contributed by atoms with Gasteiger partial charge in [-0.3, -0.25) is 0 Å². The Balaban J connectivity index is 2.08. The van der Waals surface area contributed by atoms with E-state index in [2.05, 4.69) is 28.1 Å². The van der Waals surface area contributed by atoms with Crippen LogP contribution in [0.5, 0.6) is 11.5 Å². The van der Waals surface area contributed by atoms with E-state index in [9.17, 15) is 0 Å². The number of rotatable bonds is 5. The van der Waals surface area contributed by atoms with Crippen molar-refractivity contribution in [2.75, 3.05) is 14.2 Å². The van der Waals surface area contributed by atoms with Crippen LogP contribution in [0.25, 0.3) is 0 Å². The summed E-state index contributed by atoms with van der Waals surface area (Å²) in [6, 6.07) is 6.15. The molecule has 0 bridgehead atoms. The second-order valence-corrected chi connectivity index (χ2v) is 5.72. The molecule has 1 aromatic rings.